The van der Waals surface area contributed by atoms with E-state index in [0.29, 0.717) is 18.8 Å². The van der Waals surface area contributed by atoms with E-state index in [9.17, 15) is 14.4 Å². The van der Waals surface area contributed by atoms with Gasteiger partial charge in [0.05, 0.1) is 10.9 Å². The van der Waals surface area contributed by atoms with Gasteiger partial charge in [-0.15, -0.1) is 24.8 Å². The van der Waals surface area contributed by atoms with E-state index < -0.39 is 11.2 Å². The quantitative estimate of drug-likeness (QED) is 0.559. The lowest BCUT2D eigenvalue weighted by Crippen LogP contribution is -2.39. The molecule has 0 radical (unpaired) electrons. The van der Waals surface area contributed by atoms with Crippen LogP contribution in [0.1, 0.15) is 63.5 Å². The Morgan fingerprint density at radius 1 is 1.17 bits per heavy atom. The number of pyridine rings is 1. The van der Waals surface area contributed by atoms with Crippen molar-refractivity contribution in [3.05, 3.63) is 38.2 Å². The molecule has 0 aliphatic heterocycles. The Bertz CT molecular complexity index is 969. The molecular formula is C20H33Cl2N5O3. The van der Waals surface area contributed by atoms with E-state index in [1.807, 2.05) is 41.5 Å². The molecule has 170 valence electrons. The first-order valence-electron chi connectivity index (χ1n) is 9.85. The summed E-state index contributed by atoms with van der Waals surface area (Å²) < 4.78 is 1.45. The first-order chi connectivity index (χ1) is 13.1. The number of aromatic amines is 1. The first-order valence-corrected chi connectivity index (χ1v) is 9.85. The summed E-state index contributed by atoms with van der Waals surface area (Å²) in [6.45, 7) is 13.5. The van der Waals surface area contributed by atoms with Crippen molar-refractivity contribution in [3.8, 4) is 0 Å². The van der Waals surface area contributed by atoms with Crippen LogP contribution in [-0.4, -0.2) is 39.6 Å². The van der Waals surface area contributed by atoms with Gasteiger partial charge in [-0.2, -0.15) is 0 Å². The third kappa shape index (κ3) is 6.55. The summed E-state index contributed by atoms with van der Waals surface area (Å²) in [6, 6.07) is 1.75. The smallest absolute Gasteiger partial charge is 0.330 e. The van der Waals surface area contributed by atoms with Crippen molar-refractivity contribution >= 4 is 41.8 Å². The van der Waals surface area contributed by atoms with E-state index >= 15 is 0 Å². The van der Waals surface area contributed by atoms with Crippen molar-refractivity contribution < 1.29 is 4.79 Å². The van der Waals surface area contributed by atoms with Gasteiger partial charge >= 0.3 is 5.69 Å². The van der Waals surface area contributed by atoms with Gasteiger partial charge in [0.25, 0.3) is 11.5 Å². The van der Waals surface area contributed by atoms with Gasteiger partial charge in [0.1, 0.15) is 0 Å². The van der Waals surface area contributed by atoms with Crippen molar-refractivity contribution in [2.45, 2.75) is 60.0 Å². The number of likely N-dealkylation sites (N-methyl/N-ethyl adjacent to an activating group) is 1. The number of hydrogen-bond acceptors (Lipinski definition) is 5. The minimum absolute atomic E-state index is 0. The second-order valence-corrected chi connectivity index (χ2v) is 7.88. The number of H-pyrrole nitrogens is 1. The van der Waals surface area contributed by atoms with Crippen molar-refractivity contribution in [2.75, 3.05) is 13.1 Å². The Labute approximate surface area is 189 Å². The lowest BCUT2D eigenvalue weighted by molar-refractivity contribution is 0.0951. The highest BCUT2D eigenvalue weighted by atomic mass is 35.5. The van der Waals surface area contributed by atoms with Crippen LogP contribution in [0.25, 0.3) is 11.0 Å². The van der Waals surface area contributed by atoms with Crippen molar-refractivity contribution in [1.29, 1.82) is 0 Å². The van der Waals surface area contributed by atoms with Crippen LogP contribution in [0.5, 0.6) is 0 Å². The van der Waals surface area contributed by atoms with Crippen LogP contribution in [0.3, 0.4) is 0 Å². The van der Waals surface area contributed by atoms with Gasteiger partial charge in [0, 0.05) is 24.8 Å². The largest absolute Gasteiger partial charge is 0.350 e. The Kier molecular flexibility index (Phi) is 11.3. The number of halogens is 2. The van der Waals surface area contributed by atoms with Crippen molar-refractivity contribution in [3.63, 3.8) is 0 Å². The maximum absolute atomic E-state index is 12.9. The van der Waals surface area contributed by atoms with Gasteiger partial charge in [0.15, 0.2) is 5.65 Å². The molecule has 1 amide bonds. The monoisotopic (exact) mass is 461 g/mol. The molecule has 3 N–H and O–H groups in total. The predicted octanol–water partition coefficient (Wildman–Crippen LogP) is 2.44. The molecule has 1 atom stereocenters. The molecule has 0 aromatic carbocycles. The average molecular weight is 462 g/mol. The molecular weight excluding hydrogens is 429 g/mol. The number of hydrogen-bond donors (Lipinski definition) is 3. The van der Waals surface area contributed by atoms with Gasteiger partial charge < -0.3 is 10.6 Å². The zero-order valence-corrected chi connectivity index (χ0v) is 20.0. The second-order valence-electron chi connectivity index (χ2n) is 7.88. The molecule has 30 heavy (non-hydrogen) atoms. The SMILES string of the molecule is CCN[C@H](C)CNC(=O)c1cc(C(C)C)nc2c1c(=O)[nH]c(=O)n2CC(C)C.Cl.Cl. The summed E-state index contributed by atoms with van der Waals surface area (Å²) in [5.74, 6) is -0.132. The first kappa shape index (κ1) is 28.1. The summed E-state index contributed by atoms with van der Waals surface area (Å²) in [5.41, 5.74) is 0.0778. The zero-order chi connectivity index (χ0) is 21.0. The summed E-state index contributed by atoms with van der Waals surface area (Å²) in [5, 5.41) is 6.25. The third-order valence-corrected chi connectivity index (χ3v) is 4.47. The van der Waals surface area contributed by atoms with Crippen molar-refractivity contribution in [1.82, 2.24) is 25.2 Å². The van der Waals surface area contributed by atoms with E-state index in [1.165, 1.54) is 4.57 Å². The topological polar surface area (TPSA) is 109 Å². The molecule has 2 aromatic heterocycles. The molecule has 8 nitrogen and oxygen atoms in total. The van der Waals surface area contributed by atoms with Crippen LogP contribution < -0.4 is 21.9 Å². The normalized spacial score (nSPS) is 11.9. The number of fused-ring (bicyclic) bond motifs is 1. The van der Waals surface area contributed by atoms with Crippen LogP contribution in [0.4, 0.5) is 0 Å². The fourth-order valence-corrected chi connectivity index (χ4v) is 3.06. The number of nitrogens with zero attached hydrogens (tertiary/aromatic N) is 2. The highest BCUT2D eigenvalue weighted by Crippen LogP contribution is 2.20. The van der Waals surface area contributed by atoms with E-state index in [2.05, 4.69) is 20.6 Å². The second kappa shape index (κ2) is 12.1. The predicted molar refractivity (Wildman–Crippen MR) is 126 cm³/mol. The summed E-state index contributed by atoms with van der Waals surface area (Å²) in [6.07, 6.45) is 0. The number of carbonyl (C=O) groups is 1. The van der Waals surface area contributed by atoms with Crippen molar-refractivity contribution in [2.24, 2.45) is 5.92 Å². The van der Waals surface area contributed by atoms with E-state index in [4.69, 9.17) is 0 Å². The van der Waals surface area contributed by atoms with E-state index in [1.54, 1.807) is 6.07 Å². The van der Waals surface area contributed by atoms with Gasteiger partial charge in [0.2, 0.25) is 0 Å². The van der Waals surface area contributed by atoms with Gasteiger partial charge in [-0.3, -0.25) is 19.1 Å². The molecule has 2 rings (SSSR count). The number of carbonyl (C=O) groups excluding carboxylic acids is 1. The molecule has 2 heterocycles. The Morgan fingerprint density at radius 2 is 1.80 bits per heavy atom. The fraction of sp³-hybridized carbons (Fsp3) is 0.600. The van der Waals surface area contributed by atoms with Crippen LogP contribution in [0.2, 0.25) is 0 Å². The Balaban J connectivity index is 0.00000420. The lowest BCUT2D eigenvalue weighted by atomic mass is 10.0. The average Bonchev–Trinajstić information content (AvgIpc) is 2.62. The zero-order valence-electron chi connectivity index (χ0n) is 18.4. The van der Waals surface area contributed by atoms with Crippen LogP contribution in [0, 0.1) is 5.92 Å². The number of nitrogens with one attached hydrogen (secondary N) is 3. The molecule has 0 fully saturated rings. The molecule has 10 heteroatoms. The number of amides is 1. The molecule has 0 aliphatic carbocycles. The Morgan fingerprint density at radius 3 is 2.33 bits per heavy atom. The molecule has 0 saturated carbocycles. The van der Waals surface area contributed by atoms with Gasteiger partial charge in [-0.1, -0.05) is 34.6 Å². The molecule has 0 bridgehead atoms. The summed E-state index contributed by atoms with van der Waals surface area (Å²) in [4.78, 5) is 44.8. The number of aromatic nitrogens is 3. The van der Waals surface area contributed by atoms with Gasteiger partial charge in [-0.05, 0) is 31.4 Å². The van der Waals surface area contributed by atoms with Crippen LogP contribution >= 0.6 is 24.8 Å². The molecule has 0 saturated heterocycles. The highest BCUT2D eigenvalue weighted by molar-refractivity contribution is 6.05. The summed E-state index contributed by atoms with van der Waals surface area (Å²) >= 11 is 0. The highest BCUT2D eigenvalue weighted by Gasteiger charge is 2.21. The molecule has 2 aromatic rings. The maximum atomic E-state index is 12.9. The third-order valence-electron chi connectivity index (χ3n) is 4.47. The van der Waals surface area contributed by atoms with E-state index in [-0.39, 0.29) is 65.2 Å². The molecule has 0 unspecified atom stereocenters. The fourth-order valence-electron chi connectivity index (χ4n) is 3.06. The minimum Gasteiger partial charge on any atom is -0.350 e. The molecule has 0 aliphatic rings. The lowest BCUT2D eigenvalue weighted by Gasteiger charge is -2.17. The summed E-state index contributed by atoms with van der Waals surface area (Å²) in [7, 11) is 0. The number of rotatable bonds is 8. The standard InChI is InChI=1S/C20H31N5O3.2ClH/c1-7-21-13(6)9-22-18(26)14-8-15(12(4)5)23-17-16(14)19(27)24-20(28)25(17)10-11(2)3;;/h8,11-13,21H,7,9-10H2,1-6H3,(H,22,26)(H,24,27,28);2*1H/t13-;;/m1../s1. The van der Waals surface area contributed by atoms with Crippen LogP contribution in [-0.2, 0) is 6.54 Å². The van der Waals surface area contributed by atoms with Crippen LogP contribution in [0.15, 0.2) is 15.7 Å². The minimum atomic E-state index is -0.590. The molecule has 0 spiro atoms. The maximum Gasteiger partial charge on any atom is 0.330 e. The van der Waals surface area contributed by atoms with Gasteiger partial charge in [-0.25, -0.2) is 9.78 Å². The van der Waals surface area contributed by atoms with E-state index in [0.717, 1.165) is 6.54 Å². The Hall–Kier alpha value is -1.90.